The first-order valence-corrected chi connectivity index (χ1v) is 22.7. The van der Waals surface area contributed by atoms with Gasteiger partial charge in [-0.3, -0.25) is 18.6 Å². The average Bonchev–Trinajstić information content (AvgIpc) is 3.20. The molecule has 12 heteroatoms. The second-order valence-corrected chi connectivity index (χ2v) is 15.4. The van der Waals surface area contributed by atoms with Crippen molar-refractivity contribution >= 4 is 19.8 Å². The van der Waals surface area contributed by atoms with E-state index in [0.717, 1.165) is 64.2 Å². The van der Waals surface area contributed by atoms with E-state index in [1.54, 1.807) is 0 Å². The first-order chi connectivity index (χ1) is 28.1. The molecule has 0 heterocycles. The normalized spacial score (nSPS) is 15.3. The van der Waals surface area contributed by atoms with Crippen LogP contribution in [0.5, 0.6) is 0 Å². The lowest BCUT2D eigenvalue weighted by atomic mass is 10.1. The maximum absolute atomic E-state index is 12.6. The van der Waals surface area contributed by atoms with E-state index in [0.29, 0.717) is 25.7 Å². The summed E-state index contributed by atoms with van der Waals surface area (Å²) in [6, 6.07) is 0. The highest BCUT2D eigenvalue weighted by Crippen LogP contribution is 2.43. The van der Waals surface area contributed by atoms with Crippen LogP contribution in [0.3, 0.4) is 0 Å². The van der Waals surface area contributed by atoms with Crippen LogP contribution in [0.15, 0.2) is 97.2 Å². The molecule has 0 bridgehead atoms. The van der Waals surface area contributed by atoms with Gasteiger partial charge in [0, 0.05) is 12.8 Å². The van der Waals surface area contributed by atoms with E-state index in [4.69, 9.17) is 19.1 Å². The van der Waals surface area contributed by atoms with Gasteiger partial charge >= 0.3 is 19.8 Å². The second kappa shape index (κ2) is 40.6. The number of esters is 2. The van der Waals surface area contributed by atoms with Gasteiger partial charge in [-0.1, -0.05) is 117 Å². The van der Waals surface area contributed by atoms with Crippen molar-refractivity contribution in [2.75, 3.05) is 26.4 Å². The molecule has 0 saturated carbocycles. The Hall–Kier alpha value is -3.15. The van der Waals surface area contributed by atoms with Crippen molar-refractivity contribution in [1.82, 2.24) is 0 Å². The predicted octanol–water partition coefficient (Wildman–Crippen LogP) is 10.2. The molecule has 0 aliphatic rings. The minimum absolute atomic E-state index is 0.0844. The SMILES string of the molecule is CCCCC/C=C\C/C=C\C/C=C\C/C=C\CCCC(=O)O[C@H](COC(=O)CCC/C=C\C/C=C\C/C=C\C/C=C\CCC[C@@H](C)O)COP(=O)(O)OC[C@@H](O)CO. The van der Waals surface area contributed by atoms with Gasteiger partial charge < -0.3 is 29.7 Å². The van der Waals surface area contributed by atoms with Crippen LogP contribution >= 0.6 is 7.82 Å². The highest BCUT2D eigenvalue weighted by Gasteiger charge is 2.27. The fourth-order valence-electron chi connectivity index (χ4n) is 4.94. The molecule has 0 rings (SSSR count). The van der Waals surface area contributed by atoms with Crippen molar-refractivity contribution in [3.05, 3.63) is 97.2 Å². The molecule has 58 heavy (non-hydrogen) atoms. The third kappa shape index (κ3) is 41.0. The van der Waals surface area contributed by atoms with Crippen LogP contribution in [-0.4, -0.2) is 76.9 Å². The molecule has 1 unspecified atom stereocenters. The molecule has 4 atom stereocenters. The van der Waals surface area contributed by atoms with Gasteiger partial charge in [0.15, 0.2) is 6.10 Å². The summed E-state index contributed by atoms with van der Waals surface area (Å²) >= 11 is 0. The number of aliphatic hydroxyl groups excluding tert-OH is 3. The largest absolute Gasteiger partial charge is 0.472 e. The van der Waals surface area contributed by atoms with Gasteiger partial charge in [0.25, 0.3) is 0 Å². The maximum Gasteiger partial charge on any atom is 0.472 e. The summed E-state index contributed by atoms with van der Waals surface area (Å²) in [5.74, 6) is -1.08. The lowest BCUT2D eigenvalue weighted by molar-refractivity contribution is -0.161. The lowest BCUT2D eigenvalue weighted by Crippen LogP contribution is -2.29. The highest BCUT2D eigenvalue weighted by molar-refractivity contribution is 7.47. The standard InChI is InChI=1S/C46H75O11P/c1-3-4-5-6-7-8-9-10-11-12-15-19-22-25-28-31-34-37-46(51)57-44(41-56-58(52,53)55-39-43(49)38-47)40-54-45(50)36-33-30-27-24-21-18-16-13-14-17-20-23-26-29-32-35-42(2)48/h7-8,10-11,14-19,23-28,42-44,47-49H,3-6,9,12-13,20-22,29-41H2,1-2H3,(H,52,53)/b8-7-,11-10-,17-14-,18-16-,19-15-,26-23-,27-24-,28-25-/t42-,43+,44-/m1/s1. The van der Waals surface area contributed by atoms with Gasteiger partial charge in [0.05, 0.1) is 25.9 Å². The predicted molar refractivity (Wildman–Crippen MR) is 234 cm³/mol. The smallest absolute Gasteiger partial charge is 0.462 e. The Morgan fingerprint density at radius 2 is 0.983 bits per heavy atom. The molecule has 0 amide bonds. The molecule has 330 valence electrons. The van der Waals surface area contributed by atoms with E-state index in [1.807, 2.05) is 31.2 Å². The summed E-state index contributed by atoms with van der Waals surface area (Å²) in [6.45, 7) is 1.74. The molecule has 0 aliphatic carbocycles. The first kappa shape index (κ1) is 54.9. The number of phosphoric acid groups is 1. The number of phosphoric ester groups is 1. The van der Waals surface area contributed by atoms with Crippen LogP contribution in [0.1, 0.15) is 136 Å². The summed E-state index contributed by atoms with van der Waals surface area (Å²) < 4.78 is 32.5. The molecule has 4 N–H and O–H groups in total. The third-order valence-corrected chi connectivity index (χ3v) is 9.18. The number of carbonyl (C=O) groups excluding carboxylic acids is 2. The fourth-order valence-corrected chi connectivity index (χ4v) is 5.73. The number of aliphatic hydroxyl groups is 3. The van der Waals surface area contributed by atoms with Gasteiger partial charge in [-0.05, 0) is 103 Å². The molecule has 0 spiro atoms. The second-order valence-electron chi connectivity index (χ2n) is 13.9. The van der Waals surface area contributed by atoms with Gasteiger partial charge in [-0.15, -0.1) is 0 Å². The summed E-state index contributed by atoms with van der Waals surface area (Å²) in [6.07, 6.45) is 46.6. The van der Waals surface area contributed by atoms with E-state index < -0.39 is 51.8 Å². The molecule has 0 fully saturated rings. The fraction of sp³-hybridized carbons (Fsp3) is 0.609. The molecular weight excluding hydrogens is 759 g/mol. The Labute approximate surface area is 349 Å². The summed E-state index contributed by atoms with van der Waals surface area (Å²) in [5, 5.41) is 27.6. The van der Waals surface area contributed by atoms with E-state index in [-0.39, 0.29) is 25.6 Å². The van der Waals surface area contributed by atoms with Crippen LogP contribution in [0.2, 0.25) is 0 Å². The molecular formula is C46H75O11P. The molecule has 0 aromatic carbocycles. The number of rotatable bonds is 38. The molecule has 11 nitrogen and oxygen atoms in total. The quantitative estimate of drug-likeness (QED) is 0.0202. The number of ether oxygens (including phenoxy) is 2. The van der Waals surface area contributed by atoms with Gasteiger partial charge in [0.2, 0.25) is 0 Å². The Morgan fingerprint density at radius 3 is 1.43 bits per heavy atom. The maximum atomic E-state index is 12.6. The summed E-state index contributed by atoms with van der Waals surface area (Å²) in [5.41, 5.74) is 0. The van der Waals surface area contributed by atoms with Gasteiger partial charge in [-0.25, -0.2) is 4.57 Å². The molecule has 0 aromatic rings. The zero-order chi connectivity index (χ0) is 42.8. The van der Waals surface area contributed by atoms with Crippen molar-refractivity contribution in [2.45, 2.75) is 154 Å². The van der Waals surface area contributed by atoms with Crippen molar-refractivity contribution < 1.29 is 52.9 Å². The lowest BCUT2D eigenvalue weighted by Gasteiger charge is -2.20. The molecule has 0 radical (unpaired) electrons. The van der Waals surface area contributed by atoms with Crippen LogP contribution in [0.4, 0.5) is 0 Å². The molecule has 0 aliphatic heterocycles. The number of hydrogen-bond donors (Lipinski definition) is 4. The van der Waals surface area contributed by atoms with Crippen molar-refractivity contribution in [2.24, 2.45) is 0 Å². The van der Waals surface area contributed by atoms with Gasteiger partial charge in [0.1, 0.15) is 12.7 Å². The van der Waals surface area contributed by atoms with E-state index in [1.165, 1.54) is 19.3 Å². The Morgan fingerprint density at radius 1 is 0.569 bits per heavy atom. The third-order valence-electron chi connectivity index (χ3n) is 8.23. The molecule has 0 aromatic heterocycles. The Balaban J connectivity index is 4.52. The summed E-state index contributed by atoms with van der Waals surface area (Å²) in [4.78, 5) is 34.9. The highest BCUT2D eigenvalue weighted by atomic mass is 31.2. The van der Waals surface area contributed by atoms with Crippen molar-refractivity contribution in [1.29, 1.82) is 0 Å². The minimum Gasteiger partial charge on any atom is -0.462 e. The number of hydrogen-bond acceptors (Lipinski definition) is 10. The average molecular weight is 835 g/mol. The topological polar surface area (TPSA) is 169 Å². The van der Waals surface area contributed by atoms with Crippen LogP contribution < -0.4 is 0 Å². The van der Waals surface area contributed by atoms with Gasteiger partial charge in [-0.2, -0.15) is 0 Å². The van der Waals surface area contributed by atoms with E-state index in [9.17, 15) is 29.3 Å². The van der Waals surface area contributed by atoms with E-state index >= 15 is 0 Å². The first-order valence-electron chi connectivity index (χ1n) is 21.2. The zero-order valence-electron chi connectivity index (χ0n) is 35.3. The number of carbonyl (C=O) groups is 2. The monoisotopic (exact) mass is 835 g/mol. The Bertz CT molecular complexity index is 1300. The Kier molecular flexibility index (Phi) is 38.4. The van der Waals surface area contributed by atoms with Crippen molar-refractivity contribution in [3.63, 3.8) is 0 Å². The summed E-state index contributed by atoms with van der Waals surface area (Å²) in [7, 11) is -4.66. The van der Waals surface area contributed by atoms with Crippen LogP contribution in [-0.2, 0) is 32.7 Å². The molecule has 0 saturated heterocycles. The van der Waals surface area contributed by atoms with Crippen LogP contribution in [0, 0.1) is 0 Å². The van der Waals surface area contributed by atoms with Crippen molar-refractivity contribution in [3.8, 4) is 0 Å². The number of unbranched alkanes of at least 4 members (excludes halogenated alkanes) is 6. The van der Waals surface area contributed by atoms with E-state index in [2.05, 4.69) is 84.4 Å². The van der Waals surface area contributed by atoms with Crippen LogP contribution in [0.25, 0.3) is 0 Å². The minimum atomic E-state index is -4.66. The zero-order valence-corrected chi connectivity index (χ0v) is 36.2. The number of allylic oxidation sites excluding steroid dienone is 16.